The van der Waals surface area contributed by atoms with E-state index in [2.05, 4.69) is 10.3 Å². The summed E-state index contributed by atoms with van der Waals surface area (Å²) in [5, 5.41) is 7.35. The second kappa shape index (κ2) is 9.69. The van der Waals surface area contributed by atoms with E-state index in [9.17, 15) is 35.2 Å². The number of primary sulfonamides is 1. The van der Waals surface area contributed by atoms with Gasteiger partial charge in [0.05, 0.1) is 13.0 Å². The number of halogens is 5. The topological polar surface area (TPSA) is 111 Å². The summed E-state index contributed by atoms with van der Waals surface area (Å²) in [7, 11) is -2.94. The highest BCUT2D eigenvalue weighted by molar-refractivity contribution is 7.89. The van der Waals surface area contributed by atoms with Crippen LogP contribution in [-0.4, -0.2) is 32.6 Å². The van der Waals surface area contributed by atoms with Crippen LogP contribution in [0.4, 0.5) is 27.6 Å². The molecule has 212 valence electrons. The lowest BCUT2D eigenvalue weighted by molar-refractivity contribution is -0.180. The van der Waals surface area contributed by atoms with E-state index in [0.29, 0.717) is 32.1 Å². The number of rotatable bonds is 6. The molecule has 3 unspecified atom stereocenters. The van der Waals surface area contributed by atoms with Gasteiger partial charge in [0.1, 0.15) is 0 Å². The number of carbonyl (C=O) groups excluding carboxylic acids is 1. The maximum absolute atomic E-state index is 14.7. The summed E-state index contributed by atoms with van der Waals surface area (Å²) in [4.78, 5) is 17.2. The summed E-state index contributed by atoms with van der Waals surface area (Å²) in [6.45, 7) is 0. The SMILES string of the molecule is COc1c(C2CC(C34CC(C3)C(C(F)(F)F)C4)CC[C@@H]2C(=O)Nc2ccnc(S(N)(=O)=O)c2)ccc(F)c1F. The Hall–Kier alpha value is -2.80. The molecule has 4 aliphatic carbocycles. The van der Waals surface area contributed by atoms with Crippen molar-refractivity contribution < 1.29 is 39.9 Å². The maximum Gasteiger partial charge on any atom is 0.392 e. The van der Waals surface area contributed by atoms with Crippen molar-refractivity contribution in [1.82, 2.24) is 4.98 Å². The van der Waals surface area contributed by atoms with Gasteiger partial charge in [-0.3, -0.25) is 4.79 Å². The quantitative estimate of drug-likeness (QED) is 0.466. The van der Waals surface area contributed by atoms with Gasteiger partial charge in [0.2, 0.25) is 11.7 Å². The number of nitrogens with one attached hydrogen (secondary N) is 1. The van der Waals surface area contributed by atoms with Crippen LogP contribution in [0.2, 0.25) is 0 Å². The van der Waals surface area contributed by atoms with E-state index < -0.39 is 67.9 Å². The molecule has 4 aliphatic rings. The number of hydrogen-bond acceptors (Lipinski definition) is 5. The number of pyridine rings is 1. The van der Waals surface area contributed by atoms with Gasteiger partial charge in [-0.05, 0) is 73.8 Å². The van der Waals surface area contributed by atoms with Gasteiger partial charge >= 0.3 is 6.18 Å². The van der Waals surface area contributed by atoms with Crippen molar-refractivity contribution >= 4 is 21.6 Å². The zero-order valence-corrected chi connectivity index (χ0v) is 21.8. The van der Waals surface area contributed by atoms with Gasteiger partial charge in [-0.2, -0.15) is 17.6 Å². The van der Waals surface area contributed by atoms with Crippen LogP contribution in [0.5, 0.6) is 5.75 Å². The first kappa shape index (κ1) is 27.8. The lowest BCUT2D eigenvalue weighted by atomic mass is 9.55. The number of nitrogens with zero attached hydrogens (tertiary/aromatic N) is 1. The molecule has 1 aromatic carbocycles. The summed E-state index contributed by atoms with van der Waals surface area (Å²) in [6.07, 6.45) is -1.03. The van der Waals surface area contributed by atoms with Crippen molar-refractivity contribution in [2.24, 2.45) is 34.2 Å². The zero-order chi connectivity index (χ0) is 28.3. The molecule has 0 saturated heterocycles. The van der Waals surface area contributed by atoms with Gasteiger partial charge in [-0.25, -0.2) is 22.9 Å². The molecular weight excluding hydrogens is 545 g/mol. The number of methoxy groups -OCH3 is 1. The highest BCUT2D eigenvalue weighted by Gasteiger charge is 2.66. The minimum Gasteiger partial charge on any atom is -0.493 e. The predicted molar refractivity (Wildman–Crippen MR) is 130 cm³/mol. The van der Waals surface area contributed by atoms with Gasteiger partial charge in [0.15, 0.2) is 16.6 Å². The Morgan fingerprint density at radius 2 is 1.87 bits per heavy atom. The van der Waals surface area contributed by atoms with Crippen LogP contribution in [0.1, 0.15) is 50.0 Å². The number of benzene rings is 1. The summed E-state index contributed by atoms with van der Waals surface area (Å²) in [5.74, 6) is -6.49. The van der Waals surface area contributed by atoms with Crippen molar-refractivity contribution in [1.29, 1.82) is 0 Å². The highest BCUT2D eigenvalue weighted by atomic mass is 32.2. The molecule has 2 aromatic rings. The fourth-order valence-corrected chi connectivity index (χ4v) is 7.73. The molecule has 6 rings (SSSR count). The molecular formula is C26H28F5N3O4S. The second-order valence-electron chi connectivity index (χ2n) is 11.0. The first-order valence-electron chi connectivity index (χ1n) is 12.6. The monoisotopic (exact) mass is 573 g/mol. The van der Waals surface area contributed by atoms with E-state index in [-0.39, 0.29) is 29.3 Å². The number of sulfonamides is 1. The van der Waals surface area contributed by atoms with E-state index >= 15 is 0 Å². The summed E-state index contributed by atoms with van der Waals surface area (Å²) >= 11 is 0. The van der Waals surface area contributed by atoms with Gasteiger partial charge in [0.25, 0.3) is 10.0 Å². The standard InChI is InChI=1S/C26H28F5N3O4S/c1-38-23-16(4-5-20(27)22(23)28)18-8-14(25-10-13(11-25)19(12-25)26(29,30)31)2-3-17(18)24(35)34-15-6-7-33-21(9-15)39(32,36)37/h4-7,9,13-14,17-19H,2-3,8,10-12H2,1H3,(H2,32,36,37)(H,33,34,35)/t13?,14?,17-,18?,19?,25?/m0/s1. The van der Waals surface area contributed by atoms with Gasteiger partial charge in [-0.15, -0.1) is 0 Å². The van der Waals surface area contributed by atoms with Crippen molar-refractivity contribution in [2.45, 2.75) is 55.6 Å². The summed E-state index contributed by atoms with van der Waals surface area (Å²) in [6, 6.07) is 4.79. The normalized spacial score (nSPS) is 30.5. The first-order valence-corrected chi connectivity index (χ1v) is 14.2. The second-order valence-corrected chi connectivity index (χ2v) is 12.5. The van der Waals surface area contributed by atoms with Crippen LogP contribution >= 0.6 is 0 Å². The van der Waals surface area contributed by atoms with Gasteiger partial charge in [-0.1, -0.05) is 6.07 Å². The Morgan fingerprint density at radius 3 is 2.49 bits per heavy atom. The molecule has 0 spiro atoms. The fourth-order valence-electron chi connectivity index (χ4n) is 7.23. The molecule has 1 aromatic heterocycles. The summed E-state index contributed by atoms with van der Waals surface area (Å²) in [5.41, 5.74) is -0.105. The Labute approximate surface area is 222 Å². The Kier molecular flexibility index (Phi) is 6.89. The molecule has 7 nitrogen and oxygen atoms in total. The molecule has 4 atom stereocenters. The van der Waals surface area contributed by atoms with Crippen LogP contribution < -0.4 is 15.2 Å². The Bertz CT molecular complexity index is 1390. The number of aromatic nitrogens is 1. The molecule has 13 heteroatoms. The van der Waals surface area contributed by atoms with Crippen molar-refractivity contribution in [2.75, 3.05) is 12.4 Å². The number of hydrogen-bond donors (Lipinski definition) is 2. The number of anilines is 1. The van der Waals surface area contributed by atoms with Crippen LogP contribution in [-0.2, 0) is 14.8 Å². The van der Waals surface area contributed by atoms with Crippen LogP contribution in [0.15, 0.2) is 35.5 Å². The molecule has 4 fully saturated rings. The van der Waals surface area contributed by atoms with E-state index in [0.717, 1.165) is 12.1 Å². The average molecular weight is 574 g/mol. The average Bonchev–Trinajstić information content (AvgIpc) is 3.43. The number of alkyl halides is 3. The number of nitrogens with two attached hydrogens (primary N) is 1. The third-order valence-corrected chi connectivity index (χ3v) is 9.79. The smallest absolute Gasteiger partial charge is 0.392 e. The molecule has 1 heterocycles. The van der Waals surface area contributed by atoms with Crippen LogP contribution in [0.3, 0.4) is 0 Å². The highest BCUT2D eigenvalue weighted by Crippen LogP contribution is 2.70. The molecule has 4 saturated carbocycles. The molecule has 0 radical (unpaired) electrons. The Balaban J connectivity index is 1.45. The maximum atomic E-state index is 14.7. The lowest BCUT2D eigenvalue weighted by Gasteiger charge is -2.49. The molecule has 2 bridgehead atoms. The minimum absolute atomic E-state index is 0.0394. The summed E-state index contributed by atoms with van der Waals surface area (Å²) < 4.78 is 98.0. The lowest BCUT2D eigenvalue weighted by Crippen LogP contribution is -2.42. The third-order valence-electron chi connectivity index (χ3n) is 8.98. The van der Waals surface area contributed by atoms with E-state index in [1.165, 1.54) is 25.4 Å². The number of carbonyl (C=O) groups is 1. The predicted octanol–water partition coefficient (Wildman–Crippen LogP) is 5.13. The van der Waals surface area contributed by atoms with E-state index in [1.54, 1.807) is 0 Å². The van der Waals surface area contributed by atoms with E-state index in [1.807, 2.05) is 0 Å². The van der Waals surface area contributed by atoms with Crippen molar-refractivity contribution in [3.63, 3.8) is 0 Å². The van der Waals surface area contributed by atoms with Crippen molar-refractivity contribution in [3.05, 3.63) is 47.7 Å². The largest absolute Gasteiger partial charge is 0.493 e. The number of ether oxygens (including phenoxy) is 1. The van der Waals surface area contributed by atoms with Crippen LogP contribution in [0.25, 0.3) is 0 Å². The third kappa shape index (κ3) is 4.99. The van der Waals surface area contributed by atoms with Gasteiger partial charge in [0, 0.05) is 29.4 Å². The molecule has 3 N–H and O–H groups in total. The molecule has 39 heavy (non-hydrogen) atoms. The Morgan fingerprint density at radius 1 is 1.15 bits per heavy atom. The molecule has 1 amide bonds. The van der Waals surface area contributed by atoms with Gasteiger partial charge < -0.3 is 10.1 Å². The number of fused-ring (bicyclic) bond motifs is 1. The van der Waals surface area contributed by atoms with Crippen LogP contribution in [0, 0.1) is 40.7 Å². The zero-order valence-electron chi connectivity index (χ0n) is 21.0. The minimum atomic E-state index is -4.26. The molecule has 0 aliphatic heterocycles. The van der Waals surface area contributed by atoms with Crippen molar-refractivity contribution in [3.8, 4) is 5.75 Å². The fraction of sp³-hybridized carbons (Fsp3) is 0.538. The number of amides is 1. The van der Waals surface area contributed by atoms with E-state index in [4.69, 9.17) is 9.88 Å². The first-order chi connectivity index (χ1) is 18.2.